The topological polar surface area (TPSA) is 69.4 Å². The summed E-state index contributed by atoms with van der Waals surface area (Å²) in [7, 11) is 0. The molecule has 2 aromatic rings. The van der Waals surface area contributed by atoms with Crippen molar-refractivity contribution >= 4 is 29.3 Å². The van der Waals surface area contributed by atoms with Gasteiger partial charge in [-0.15, -0.1) is 12.4 Å². The van der Waals surface area contributed by atoms with Crippen LogP contribution in [0.3, 0.4) is 0 Å². The number of hydroxylamine groups is 3. The van der Waals surface area contributed by atoms with Crippen molar-refractivity contribution in [2.24, 2.45) is 11.8 Å². The standard InChI is InChI=1S/C23H30FN3O3.ClH/c24-18-6-7-20-21(14-18)30-25-22(20)16-8-11-26(12-9-16)10-3-13-27(29)15-17-4-1-2-5-19(17)23(27)28;/h6-7,14,16-17,19H,1-5,8-13,15H2;1H/t17-,19-,27?;/m0./s1. The Morgan fingerprint density at radius 3 is 2.74 bits per heavy atom. The second-order valence-corrected chi connectivity index (χ2v) is 9.46. The third-order valence-corrected chi connectivity index (χ3v) is 7.59. The number of hydrogen-bond donors (Lipinski definition) is 0. The van der Waals surface area contributed by atoms with E-state index in [4.69, 9.17) is 4.52 Å². The molecule has 0 spiro atoms. The van der Waals surface area contributed by atoms with E-state index < -0.39 is 4.65 Å². The van der Waals surface area contributed by atoms with Crippen LogP contribution in [0, 0.1) is 22.9 Å². The molecule has 3 fully saturated rings. The largest absolute Gasteiger partial charge is 0.625 e. The average molecular weight is 452 g/mol. The summed E-state index contributed by atoms with van der Waals surface area (Å²) < 4.78 is 18.1. The molecule has 3 heterocycles. The van der Waals surface area contributed by atoms with Gasteiger partial charge >= 0.3 is 5.91 Å². The molecule has 2 saturated heterocycles. The van der Waals surface area contributed by atoms with Crippen LogP contribution in [0.15, 0.2) is 22.7 Å². The molecule has 1 amide bonds. The quantitative estimate of drug-likeness (QED) is 0.490. The van der Waals surface area contributed by atoms with Gasteiger partial charge in [-0.25, -0.2) is 9.18 Å². The van der Waals surface area contributed by atoms with Gasteiger partial charge in [0, 0.05) is 36.3 Å². The second kappa shape index (κ2) is 9.14. The molecule has 1 aliphatic carbocycles. The molecule has 1 aromatic heterocycles. The van der Waals surface area contributed by atoms with Crippen molar-refractivity contribution in [3.8, 4) is 0 Å². The van der Waals surface area contributed by atoms with E-state index in [1.54, 1.807) is 6.07 Å². The normalized spacial score (nSPS) is 29.8. The van der Waals surface area contributed by atoms with E-state index in [-0.39, 0.29) is 30.0 Å². The number of fused-ring (bicyclic) bond motifs is 2. The number of likely N-dealkylation sites (tertiary alicyclic amines) is 2. The van der Waals surface area contributed by atoms with Crippen molar-refractivity contribution in [3.63, 3.8) is 0 Å². The molecule has 3 atom stereocenters. The lowest BCUT2D eigenvalue weighted by Crippen LogP contribution is -2.46. The summed E-state index contributed by atoms with van der Waals surface area (Å²) >= 11 is 0. The molecular formula is C23H31ClFN3O3. The van der Waals surface area contributed by atoms with Crippen molar-refractivity contribution < 1.29 is 18.4 Å². The Balaban J connectivity index is 0.00000231. The fraction of sp³-hybridized carbons (Fsp3) is 0.652. The van der Waals surface area contributed by atoms with E-state index >= 15 is 0 Å². The maximum atomic E-state index is 13.4. The van der Waals surface area contributed by atoms with E-state index in [2.05, 4.69) is 10.1 Å². The average Bonchev–Trinajstić information content (AvgIpc) is 3.27. The monoisotopic (exact) mass is 451 g/mol. The number of benzene rings is 1. The summed E-state index contributed by atoms with van der Waals surface area (Å²) in [5.74, 6) is 0.305. The number of piperidine rings is 1. The van der Waals surface area contributed by atoms with Crippen LogP contribution in [0.25, 0.3) is 11.0 Å². The Morgan fingerprint density at radius 1 is 1.19 bits per heavy atom. The lowest BCUT2D eigenvalue weighted by molar-refractivity contribution is -0.798. The molecule has 0 N–H and O–H groups in total. The summed E-state index contributed by atoms with van der Waals surface area (Å²) in [6, 6.07) is 4.60. The van der Waals surface area contributed by atoms with Gasteiger partial charge < -0.3 is 14.6 Å². The minimum Gasteiger partial charge on any atom is -0.625 e. The van der Waals surface area contributed by atoms with Gasteiger partial charge in [-0.1, -0.05) is 18.0 Å². The summed E-state index contributed by atoms with van der Waals surface area (Å²) in [5.41, 5.74) is 1.44. The highest BCUT2D eigenvalue weighted by Gasteiger charge is 2.49. The molecule has 31 heavy (non-hydrogen) atoms. The highest BCUT2D eigenvalue weighted by atomic mass is 35.5. The Hall–Kier alpha value is -1.54. The van der Waals surface area contributed by atoms with Crippen molar-refractivity contribution in [3.05, 3.63) is 34.9 Å². The van der Waals surface area contributed by atoms with Crippen LogP contribution in [0.5, 0.6) is 0 Å². The molecule has 1 unspecified atom stereocenters. The summed E-state index contributed by atoms with van der Waals surface area (Å²) in [6.07, 6.45) is 6.94. The predicted octanol–water partition coefficient (Wildman–Crippen LogP) is 4.62. The van der Waals surface area contributed by atoms with E-state index in [0.717, 1.165) is 69.2 Å². The van der Waals surface area contributed by atoms with Crippen molar-refractivity contribution in [2.45, 2.75) is 50.9 Å². The lowest BCUT2D eigenvalue weighted by Gasteiger charge is -2.37. The zero-order chi connectivity index (χ0) is 20.7. The van der Waals surface area contributed by atoms with Crippen molar-refractivity contribution in [1.82, 2.24) is 10.1 Å². The molecule has 2 aliphatic heterocycles. The molecule has 170 valence electrons. The van der Waals surface area contributed by atoms with Gasteiger partial charge in [0.1, 0.15) is 5.82 Å². The van der Waals surface area contributed by atoms with Crippen LogP contribution in [-0.4, -0.2) is 53.3 Å². The lowest BCUT2D eigenvalue weighted by atomic mass is 9.81. The van der Waals surface area contributed by atoms with Gasteiger partial charge in [-0.3, -0.25) is 4.65 Å². The number of rotatable bonds is 5. The number of quaternary nitrogens is 1. The molecule has 1 saturated carbocycles. The zero-order valence-electron chi connectivity index (χ0n) is 17.8. The van der Waals surface area contributed by atoms with Crippen LogP contribution < -0.4 is 0 Å². The van der Waals surface area contributed by atoms with Gasteiger partial charge in [0.05, 0.1) is 24.7 Å². The number of aromatic nitrogens is 1. The highest BCUT2D eigenvalue weighted by Crippen LogP contribution is 2.40. The number of hydrogen-bond acceptors (Lipinski definition) is 5. The number of carbonyl (C=O) groups excluding carboxylic acids is 1. The number of nitrogens with zero attached hydrogens (tertiary/aromatic N) is 3. The molecule has 8 heteroatoms. The van der Waals surface area contributed by atoms with Gasteiger partial charge in [-0.05, 0) is 50.9 Å². The Morgan fingerprint density at radius 2 is 1.97 bits per heavy atom. The Labute approximate surface area is 188 Å². The molecule has 5 rings (SSSR count). The maximum absolute atomic E-state index is 13.4. The first kappa shape index (κ1) is 22.6. The van der Waals surface area contributed by atoms with E-state index in [1.165, 1.54) is 18.6 Å². The summed E-state index contributed by atoms with van der Waals surface area (Å²) in [5, 5.41) is 18.2. The van der Waals surface area contributed by atoms with Gasteiger partial charge in [0.25, 0.3) is 0 Å². The summed E-state index contributed by atoms with van der Waals surface area (Å²) in [4.78, 5) is 15.0. The molecule has 6 nitrogen and oxygen atoms in total. The number of carbonyl (C=O) groups is 1. The van der Waals surface area contributed by atoms with Crippen molar-refractivity contribution in [2.75, 3.05) is 32.7 Å². The van der Waals surface area contributed by atoms with Crippen LogP contribution in [0.2, 0.25) is 0 Å². The SMILES string of the molecule is Cl.O=C1[C@H]2CCCC[C@H]2C[N+]1([O-])CCCN1CCC(c2noc3cc(F)ccc23)CC1. The first-order valence-corrected chi connectivity index (χ1v) is 11.4. The van der Waals surface area contributed by atoms with E-state index in [9.17, 15) is 14.4 Å². The first-order chi connectivity index (χ1) is 14.5. The van der Waals surface area contributed by atoms with Crippen LogP contribution >= 0.6 is 12.4 Å². The minimum absolute atomic E-state index is 0. The Bertz CT molecular complexity index is 930. The van der Waals surface area contributed by atoms with Crippen LogP contribution in [0.4, 0.5) is 4.39 Å². The third kappa shape index (κ3) is 4.38. The fourth-order valence-electron chi connectivity index (χ4n) is 5.93. The Kier molecular flexibility index (Phi) is 6.68. The first-order valence-electron chi connectivity index (χ1n) is 11.4. The molecule has 3 aliphatic rings. The smallest absolute Gasteiger partial charge is 0.317 e. The van der Waals surface area contributed by atoms with Crippen LogP contribution in [0.1, 0.15) is 56.6 Å². The number of halogens is 2. The zero-order valence-corrected chi connectivity index (χ0v) is 18.6. The third-order valence-electron chi connectivity index (χ3n) is 7.59. The van der Waals surface area contributed by atoms with Gasteiger partial charge in [0.2, 0.25) is 0 Å². The van der Waals surface area contributed by atoms with E-state index in [0.29, 0.717) is 30.5 Å². The number of amides is 1. The molecule has 0 radical (unpaired) electrons. The van der Waals surface area contributed by atoms with Crippen molar-refractivity contribution in [1.29, 1.82) is 0 Å². The second-order valence-electron chi connectivity index (χ2n) is 9.46. The fourth-order valence-corrected chi connectivity index (χ4v) is 5.93. The predicted molar refractivity (Wildman–Crippen MR) is 118 cm³/mol. The van der Waals surface area contributed by atoms with E-state index in [1.807, 2.05) is 0 Å². The highest BCUT2D eigenvalue weighted by molar-refractivity contribution is 5.85. The summed E-state index contributed by atoms with van der Waals surface area (Å²) in [6.45, 7) is 3.68. The van der Waals surface area contributed by atoms with Gasteiger partial charge in [-0.2, -0.15) is 0 Å². The molecule has 0 bridgehead atoms. The van der Waals surface area contributed by atoms with Crippen LogP contribution in [-0.2, 0) is 4.79 Å². The maximum Gasteiger partial charge on any atom is 0.317 e. The minimum atomic E-state index is -0.590. The molecular weight excluding hydrogens is 421 g/mol. The van der Waals surface area contributed by atoms with Gasteiger partial charge in [0.15, 0.2) is 5.58 Å². The molecule has 1 aromatic carbocycles.